The van der Waals surface area contributed by atoms with E-state index in [9.17, 15) is 9.59 Å². The van der Waals surface area contributed by atoms with E-state index in [0.717, 1.165) is 10.6 Å². The van der Waals surface area contributed by atoms with Gasteiger partial charge >= 0.3 is 5.97 Å². The molecule has 0 bridgehead atoms. The molecule has 19 heavy (non-hydrogen) atoms. The van der Waals surface area contributed by atoms with Crippen molar-refractivity contribution in [2.75, 3.05) is 18.9 Å². The lowest BCUT2D eigenvalue weighted by molar-refractivity contribution is -0.142. The second-order valence-electron chi connectivity index (χ2n) is 4.71. The minimum absolute atomic E-state index is 0.0584. The average Bonchev–Trinajstić information content (AvgIpc) is 2.55. The Morgan fingerprint density at radius 1 is 1.32 bits per heavy atom. The predicted octanol–water partition coefficient (Wildman–Crippen LogP) is 2.02. The topological polar surface area (TPSA) is 69.6 Å². The van der Waals surface area contributed by atoms with Crippen LogP contribution in [0.25, 0.3) is 0 Å². The number of carboxylic acid groups (broad SMARTS) is 1. The molecule has 0 aliphatic carbocycles. The molecule has 0 saturated carbocycles. The SMILES string of the molecule is Cc1sc(NC(=O)CN(C)C(C)C(=O)O)c(C)c1C. The van der Waals surface area contributed by atoms with E-state index in [0.29, 0.717) is 0 Å². The highest BCUT2D eigenvalue weighted by Crippen LogP contribution is 2.31. The molecular weight excluding hydrogens is 264 g/mol. The first-order valence-corrected chi connectivity index (χ1v) is 6.85. The Balaban J connectivity index is 2.65. The molecule has 1 amide bonds. The number of nitrogens with zero attached hydrogens (tertiary/aromatic N) is 1. The van der Waals surface area contributed by atoms with Gasteiger partial charge in [-0.25, -0.2) is 0 Å². The van der Waals surface area contributed by atoms with Crippen LogP contribution in [0.2, 0.25) is 0 Å². The Hall–Kier alpha value is -1.40. The number of nitrogens with one attached hydrogen (secondary N) is 1. The van der Waals surface area contributed by atoms with Crippen molar-refractivity contribution in [2.24, 2.45) is 0 Å². The average molecular weight is 284 g/mol. The molecule has 2 N–H and O–H groups in total. The first-order valence-electron chi connectivity index (χ1n) is 6.03. The molecule has 0 aliphatic heterocycles. The Kier molecular flexibility index (Phi) is 5.08. The second kappa shape index (κ2) is 6.16. The number of hydrogen-bond acceptors (Lipinski definition) is 4. The molecule has 1 aromatic heterocycles. The van der Waals surface area contributed by atoms with Crippen LogP contribution in [-0.2, 0) is 9.59 Å². The molecule has 0 saturated heterocycles. The largest absolute Gasteiger partial charge is 0.480 e. The quantitative estimate of drug-likeness (QED) is 0.868. The van der Waals surface area contributed by atoms with E-state index in [1.54, 1.807) is 25.3 Å². The van der Waals surface area contributed by atoms with Crippen LogP contribution in [-0.4, -0.2) is 41.5 Å². The number of hydrogen-bond donors (Lipinski definition) is 2. The normalized spacial score (nSPS) is 12.5. The molecular formula is C13H20N2O3S. The van der Waals surface area contributed by atoms with Gasteiger partial charge in [-0.3, -0.25) is 14.5 Å². The van der Waals surface area contributed by atoms with Crippen molar-refractivity contribution in [3.8, 4) is 0 Å². The van der Waals surface area contributed by atoms with Gasteiger partial charge in [-0.05, 0) is 45.9 Å². The monoisotopic (exact) mass is 284 g/mol. The van der Waals surface area contributed by atoms with Crippen molar-refractivity contribution in [2.45, 2.75) is 33.7 Å². The number of likely N-dealkylation sites (N-methyl/N-ethyl adjacent to an activating group) is 1. The molecule has 0 aliphatic rings. The van der Waals surface area contributed by atoms with Crippen molar-refractivity contribution < 1.29 is 14.7 Å². The third-order valence-corrected chi connectivity index (χ3v) is 4.58. The molecule has 0 fully saturated rings. The van der Waals surface area contributed by atoms with E-state index in [4.69, 9.17) is 5.11 Å². The summed E-state index contributed by atoms with van der Waals surface area (Å²) in [7, 11) is 1.62. The maximum Gasteiger partial charge on any atom is 0.320 e. The maximum atomic E-state index is 11.9. The van der Waals surface area contributed by atoms with Crippen LogP contribution in [0.1, 0.15) is 22.9 Å². The second-order valence-corrected chi connectivity index (χ2v) is 5.94. The number of carbonyl (C=O) groups is 2. The number of aryl methyl sites for hydroxylation is 1. The van der Waals surface area contributed by atoms with E-state index >= 15 is 0 Å². The first kappa shape index (κ1) is 15.7. The third kappa shape index (κ3) is 3.78. The fraction of sp³-hybridized carbons (Fsp3) is 0.538. The van der Waals surface area contributed by atoms with Crippen LogP contribution < -0.4 is 5.32 Å². The van der Waals surface area contributed by atoms with Gasteiger partial charge in [-0.1, -0.05) is 0 Å². The zero-order valence-electron chi connectivity index (χ0n) is 11.9. The molecule has 1 unspecified atom stereocenters. The molecule has 1 atom stereocenters. The van der Waals surface area contributed by atoms with Crippen molar-refractivity contribution >= 4 is 28.2 Å². The summed E-state index contributed by atoms with van der Waals surface area (Å²) >= 11 is 1.54. The van der Waals surface area contributed by atoms with Gasteiger partial charge in [0.15, 0.2) is 0 Å². The van der Waals surface area contributed by atoms with E-state index in [1.165, 1.54) is 15.3 Å². The summed E-state index contributed by atoms with van der Waals surface area (Å²) in [6.07, 6.45) is 0. The van der Waals surface area contributed by atoms with Gasteiger partial charge in [0.25, 0.3) is 0 Å². The predicted molar refractivity (Wildman–Crippen MR) is 76.9 cm³/mol. The molecule has 1 aromatic rings. The molecule has 5 nitrogen and oxygen atoms in total. The van der Waals surface area contributed by atoms with Crippen LogP contribution in [0.15, 0.2) is 0 Å². The van der Waals surface area contributed by atoms with Gasteiger partial charge in [0, 0.05) is 4.88 Å². The summed E-state index contributed by atoms with van der Waals surface area (Å²) in [4.78, 5) is 25.4. The fourth-order valence-electron chi connectivity index (χ4n) is 1.58. The fourth-order valence-corrected chi connectivity index (χ4v) is 2.66. The molecule has 0 aromatic carbocycles. The molecule has 106 valence electrons. The highest BCUT2D eigenvalue weighted by atomic mass is 32.1. The summed E-state index contributed by atoms with van der Waals surface area (Å²) in [5, 5.41) is 12.6. The number of carboxylic acids is 1. The Labute approximate surface area is 117 Å². The summed E-state index contributed by atoms with van der Waals surface area (Å²) in [5.41, 5.74) is 2.26. The van der Waals surface area contributed by atoms with Gasteiger partial charge in [0.2, 0.25) is 5.91 Å². The van der Waals surface area contributed by atoms with Gasteiger partial charge in [0.1, 0.15) is 6.04 Å². The number of rotatable bonds is 5. The van der Waals surface area contributed by atoms with Crippen LogP contribution in [0.4, 0.5) is 5.00 Å². The third-order valence-electron chi connectivity index (χ3n) is 3.35. The Morgan fingerprint density at radius 2 is 1.89 bits per heavy atom. The minimum atomic E-state index is -0.936. The minimum Gasteiger partial charge on any atom is -0.480 e. The summed E-state index contributed by atoms with van der Waals surface area (Å²) < 4.78 is 0. The maximum absolute atomic E-state index is 11.9. The molecule has 1 heterocycles. The summed E-state index contributed by atoms with van der Waals surface area (Å²) in [5.74, 6) is -1.13. The number of aliphatic carboxylic acids is 1. The lowest BCUT2D eigenvalue weighted by Crippen LogP contribution is -2.40. The van der Waals surface area contributed by atoms with Crippen molar-refractivity contribution in [3.63, 3.8) is 0 Å². The Morgan fingerprint density at radius 3 is 2.32 bits per heavy atom. The van der Waals surface area contributed by atoms with E-state index in [-0.39, 0.29) is 12.5 Å². The van der Waals surface area contributed by atoms with Gasteiger partial charge < -0.3 is 10.4 Å². The number of amides is 1. The highest BCUT2D eigenvalue weighted by molar-refractivity contribution is 7.16. The number of carbonyl (C=O) groups excluding carboxylic acids is 1. The van der Waals surface area contributed by atoms with Crippen molar-refractivity contribution in [1.82, 2.24) is 4.90 Å². The van der Waals surface area contributed by atoms with Crippen LogP contribution >= 0.6 is 11.3 Å². The molecule has 0 spiro atoms. The lowest BCUT2D eigenvalue weighted by Gasteiger charge is -2.20. The van der Waals surface area contributed by atoms with Crippen molar-refractivity contribution in [1.29, 1.82) is 0 Å². The summed E-state index contributed by atoms with van der Waals surface area (Å²) in [6.45, 7) is 7.62. The van der Waals surface area contributed by atoms with Crippen molar-refractivity contribution in [3.05, 3.63) is 16.0 Å². The van der Waals surface area contributed by atoms with Crippen LogP contribution in [0.3, 0.4) is 0 Å². The highest BCUT2D eigenvalue weighted by Gasteiger charge is 2.20. The lowest BCUT2D eigenvalue weighted by atomic mass is 10.2. The number of thiophene rings is 1. The van der Waals surface area contributed by atoms with Gasteiger partial charge in [-0.15, -0.1) is 11.3 Å². The standard InChI is InChI=1S/C13H20N2O3S/c1-7-8(2)12(19-10(7)4)14-11(16)6-15(5)9(3)13(17)18/h9H,6H2,1-5H3,(H,14,16)(H,17,18). The van der Waals surface area contributed by atoms with Gasteiger partial charge in [-0.2, -0.15) is 0 Å². The van der Waals surface area contributed by atoms with E-state index in [2.05, 4.69) is 5.32 Å². The molecule has 1 rings (SSSR count). The smallest absolute Gasteiger partial charge is 0.320 e. The molecule has 0 radical (unpaired) electrons. The zero-order chi connectivity index (χ0) is 14.7. The Bertz CT molecular complexity index is 496. The first-order chi connectivity index (χ1) is 8.73. The van der Waals surface area contributed by atoms with E-state index in [1.807, 2.05) is 20.8 Å². The van der Waals surface area contributed by atoms with Crippen LogP contribution in [0.5, 0.6) is 0 Å². The number of anilines is 1. The van der Waals surface area contributed by atoms with Crippen LogP contribution in [0, 0.1) is 20.8 Å². The summed E-state index contributed by atoms with van der Waals surface area (Å²) in [6, 6.07) is -0.682. The van der Waals surface area contributed by atoms with Gasteiger partial charge in [0.05, 0.1) is 11.5 Å². The molecule has 6 heteroatoms. The van der Waals surface area contributed by atoms with E-state index < -0.39 is 12.0 Å². The zero-order valence-corrected chi connectivity index (χ0v) is 12.7.